The lowest BCUT2D eigenvalue weighted by Gasteiger charge is -2.41. The van der Waals surface area contributed by atoms with Crippen molar-refractivity contribution >= 4 is 11.0 Å². The van der Waals surface area contributed by atoms with E-state index in [1.807, 2.05) is 0 Å². The predicted molar refractivity (Wildman–Crippen MR) is 74.4 cm³/mol. The van der Waals surface area contributed by atoms with Gasteiger partial charge in [0.25, 0.3) is 5.56 Å². The molecule has 0 unspecified atom stereocenters. The number of nitrogens with zero attached hydrogens (tertiary/aromatic N) is 4. The third-order valence-electron chi connectivity index (χ3n) is 3.81. The molecule has 0 spiro atoms. The highest BCUT2D eigenvalue weighted by molar-refractivity contribution is 5.72. The summed E-state index contributed by atoms with van der Waals surface area (Å²) in [5, 5.41) is 4.60. The minimum atomic E-state index is -0.135. The second kappa shape index (κ2) is 4.68. The number of aromatic amines is 1. The molecule has 0 saturated carbocycles. The molecule has 20 heavy (non-hydrogen) atoms. The molecule has 1 aliphatic heterocycles. The zero-order chi connectivity index (χ0) is 14.3. The van der Waals surface area contributed by atoms with Crippen molar-refractivity contribution in [1.82, 2.24) is 24.6 Å². The summed E-state index contributed by atoms with van der Waals surface area (Å²) in [4.78, 5) is 21.7. The van der Waals surface area contributed by atoms with Crippen molar-refractivity contribution in [3.8, 4) is 0 Å². The Morgan fingerprint density at radius 2 is 2.30 bits per heavy atom. The molecular weight excluding hydrogens is 258 g/mol. The van der Waals surface area contributed by atoms with Gasteiger partial charge in [-0.3, -0.25) is 14.4 Å². The van der Waals surface area contributed by atoms with Crippen LogP contribution in [-0.4, -0.2) is 49.9 Å². The Balaban J connectivity index is 1.94. The van der Waals surface area contributed by atoms with E-state index in [9.17, 15) is 4.79 Å². The van der Waals surface area contributed by atoms with Gasteiger partial charge in [-0.2, -0.15) is 5.10 Å². The predicted octanol–water partition coefficient (Wildman–Crippen LogP) is 0.267. The average Bonchev–Trinajstić information content (AvgIpc) is 2.75. The lowest BCUT2D eigenvalue weighted by Crippen LogP contribution is -2.52. The molecule has 3 heterocycles. The number of aryl methyl sites for hydroxylation is 1. The Bertz CT molecular complexity index is 688. The number of aromatic nitrogens is 4. The second-order valence-corrected chi connectivity index (χ2v) is 5.80. The summed E-state index contributed by atoms with van der Waals surface area (Å²) in [6, 6.07) is 0. The van der Waals surface area contributed by atoms with Crippen molar-refractivity contribution in [2.75, 3.05) is 19.8 Å². The number of hydrogen-bond acceptors (Lipinski definition) is 5. The SMILES string of the molecule is Cn1ncc2c(=O)[nH]c(CN3CCOCC3(C)C)nc21. The second-order valence-electron chi connectivity index (χ2n) is 5.80. The van der Waals surface area contributed by atoms with Crippen LogP contribution in [-0.2, 0) is 18.3 Å². The molecule has 2 aromatic heterocycles. The van der Waals surface area contributed by atoms with Crippen LogP contribution in [0.15, 0.2) is 11.0 Å². The largest absolute Gasteiger partial charge is 0.378 e. The molecule has 1 aliphatic rings. The monoisotopic (exact) mass is 277 g/mol. The maximum absolute atomic E-state index is 12.0. The van der Waals surface area contributed by atoms with Gasteiger partial charge < -0.3 is 9.72 Å². The Kier molecular flexibility index (Phi) is 3.10. The molecule has 0 aliphatic carbocycles. The van der Waals surface area contributed by atoms with Gasteiger partial charge in [0.15, 0.2) is 5.65 Å². The number of rotatable bonds is 2. The average molecular weight is 277 g/mol. The normalized spacial score (nSPS) is 19.6. The van der Waals surface area contributed by atoms with Gasteiger partial charge in [-0.25, -0.2) is 4.98 Å². The lowest BCUT2D eigenvalue weighted by molar-refractivity contribution is -0.0563. The zero-order valence-electron chi connectivity index (χ0n) is 12.0. The highest BCUT2D eigenvalue weighted by Gasteiger charge is 2.31. The smallest absolute Gasteiger partial charge is 0.262 e. The molecule has 0 bridgehead atoms. The van der Waals surface area contributed by atoms with Crippen LogP contribution in [0.25, 0.3) is 11.0 Å². The number of ether oxygens (including phenoxy) is 1. The van der Waals surface area contributed by atoms with E-state index in [1.54, 1.807) is 17.9 Å². The van der Waals surface area contributed by atoms with Crippen molar-refractivity contribution in [3.05, 3.63) is 22.4 Å². The Hall–Kier alpha value is -1.73. The molecule has 108 valence electrons. The van der Waals surface area contributed by atoms with E-state index in [4.69, 9.17) is 4.74 Å². The van der Waals surface area contributed by atoms with Crippen molar-refractivity contribution in [2.24, 2.45) is 7.05 Å². The highest BCUT2D eigenvalue weighted by Crippen LogP contribution is 2.20. The van der Waals surface area contributed by atoms with Crippen LogP contribution in [0.2, 0.25) is 0 Å². The minimum absolute atomic E-state index is 0.0573. The van der Waals surface area contributed by atoms with Crippen LogP contribution in [0.4, 0.5) is 0 Å². The molecule has 0 atom stereocenters. The summed E-state index contributed by atoms with van der Waals surface area (Å²) in [5.41, 5.74) is 0.428. The van der Waals surface area contributed by atoms with Crippen LogP contribution in [0, 0.1) is 0 Å². The number of H-pyrrole nitrogens is 1. The van der Waals surface area contributed by atoms with Gasteiger partial charge in [-0.1, -0.05) is 0 Å². The quantitative estimate of drug-likeness (QED) is 0.852. The topological polar surface area (TPSA) is 76.0 Å². The first-order valence-corrected chi connectivity index (χ1v) is 6.71. The van der Waals surface area contributed by atoms with E-state index in [0.29, 0.717) is 36.6 Å². The van der Waals surface area contributed by atoms with E-state index in [0.717, 1.165) is 6.54 Å². The maximum Gasteiger partial charge on any atom is 0.262 e. The molecule has 3 rings (SSSR count). The Morgan fingerprint density at radius 1 is 1.50 bits per heavy atom. The number of morpholine rings is 1. The van der Waals surface area contributed by atoms with E-state index in [2.05, 4.69) is 33.8 Å². The molecule has 7 nitrogen and oxygen atoms in total. The van der Waals surface area contributed by atoms with Gasteiger partial charge in [0.05, 0.1) is 26.0 Å². The van der Waals surface area contributed by atoms with Crippen LogP contribution >= 0.6 is 0 Å². The molecule has 1 fully saturated rings. The van der Waals surface area contributed by atoms with Gasteiger partial charge in [-0.15, -0.1) is 0 Å². The summed E-state index contributed by atoms with van der Waals surface area (Å²) in [6.07, 6.45) is 1.55. The van der Waals surface area contributed by atoms with Gasteiger partial charge >= 0.3 is 0 Å². The van der Waals surface area contributed by atoms with Gasteiger partial charge in [-0.05, 0) is 13.8 Å². The van der Waals surface area contributed by atoms with Gasteiger partial charge in [0.1, 0.15) is 11.2 Å². The van der Waals surface area contributed by atoms with Gasteiger partial charge in [0.2, 0.25) is 0 Å². The van der Waals surface area contributed by atoms with E-state index >= 15 is 0 Å². The fourth-order valence-corrected chi connectivity index (χ4v) is 2.52. The summed E-state index contributed by atoms with van der Waals surface area (Å²) in [5.74, 6) is 0.668. The van der Waals surface area contributed by atoms with E-state index in [-0.39, 0.29) is 11.1 Å². The molecule has 0 radical (unpaired) electrons. The molecule has 1 N–H and O–H groups in total. The summed E-state index contributed by atoms with van der Waals surface area (Å²) in [7, 11) is 1.79. The lowest BCUT2D eigenvalue weighted by atomic mass is 10.0. The molecular formula is C13H19N5O2. The molecule has 2 aromatic rings. The van der Waals surface area contributed by atoms with Gasteiger partial charge in [0, 0.05) is 19.1 Å². The highest BCUT2D eigenvalue weighted by atomic mass is 16.5. The molecule has 1 saturated heterocycles. The van der Waals surface area contributed by atoms with Crippen LogP contribution in [0.5, 0.6) is 0 Å². The zero-order valence-corrected chi connectivity index (χ0v) is 12.0. The Morgan fingerprint density at radius 3 is 3.05 bits per heavy atom. The fraction of sp³-hybridized carbons (Fsp3) is 0.615. The summed E-state index contributed by atoms with van der Waals surface area (Å²) in [6.45, 7) is 7.10. The number of nitrogens with one attached hydrogen (secondary N) is 1. The number of fused-ring (bicyclic) bond motifs is 1. The van der Waals surface area contributed by atoms with E-state index < -0.39 is 0 Å². The fourth-order valence-electron chi connectivity index (χ4n) is 2.52. The minimum Gasteiger partial charge on any atom is -0.378 e. The standard InChI is InChI=1S/C13H19N5O2/c1-13(2)8-20-5-4-18(13)7-10-15-11-9(12(19)16-10)6-14-17(11)3/h6H,4-5,7-8H2,1-3H3,(H,15,16,19). The molecule has 7 heteroatoms. The van der Waals surface area contributed by atoms with Crippen LogP contribution in [0.1, 0.15) is 19.7 Å². The van der Waals surface area contributed by atoms with Crippen molar-refractivity contribution in [2.45, 2.75) is 25.9 Å². The maximum atomic E-state index is 12.0. The van der Waals surface area contributed by atoms with Crippen molar-refractivity contribution in [3.63, 3.8) is 0 Å². The molecule has 0 amide bonds. The summed E-state index contributed by atoms with van der Waals surface area (Å²) >= 11 is 0. The first-order valence-electron chi connectivity index (χ1n) is 6.71. The van der Waals surface area contributed by atoms with Crippen molar-refractivity contribution in [1.29, 1.82) is 0 Å². The van der Waals surface area contributed by atoms with Crippen LogP contribution < -0.4 is 5.56 Å². The third-order valence-corrected chi connectivity index (χ3v) is 3.81. The Labute approximate surface area is 116 Å². The number of hydrogen-bond donors (Lipinski definition) is 1. The molecule has 0 aromatic carbocycles. The first-order chi connectivity index (χ1) is 9.47. The summed E-state index contributed by atoms with van der Waals surface area (Å²) < 4.78 is 7.13. The first kappa shape index (κ1) is 13.3. The van der Waals surface area contributed by atoms with E-state index in [1.165, 1.54) is 0 Å². The third kappa shape index (κ3) is 2.23. The van der Waals surface area contributed by atoms with Crippen molar-refractivity contribution < 1.29 is 4.74 Å². The van der Waals surface area contributed by atoms with Crippen LogP contribution in [0.3, 0.4) is 0 Å².